The van der Waals surface area contributed by atoms with Gasteiger partial charge in [0.15, 0.2) is 0 Å². The number of benzene rings is 3. The van der Waals surface area contributed by atoms with E-state index in [1.807, 2.05) is 36.4 Å². The van der Waals surface area contributed by atoms with Crippen molar-refractivity contribution >= 4 is 52.5 Å². The number of carbonyl (C=O) groups excluding carboxylic acids is 1. The van der Waals surface area contributed by atoms with Crippen LogP contribution in [-0.2, 0) is 15.0 Å². The Bertz CT molecular complexity index is 1550. The van der Waals surface area contributed by atoms with Crippen molar-refractivity contribution in [2.75, 3.05) is 11.1 Å². The zero-order valence-electron chi connectivity index (χ0n) is 21.2. The third-order valence-electron chi connectivity index (χ3n) is 6.74. The van der Waals surface area contributed by atoms with Crippen molar-refractivity contribution in [1.29, 1.82) is 0 Å². The molecule has 8 nitrogen and oxygen atoms in total. The van der Waals surface area contributed by atoms with Crippen LogP contribution in [0.3, 0.4) is 0 Å². The Labute approximate surface area is 239 Å². The Balaban J connectivity index is 1.22. The molecule has 5 rings (SSSR count). The molecule has 0 bridgehead atoms. The summed E-state index contributed by atoms with van der Waals surface area (Å²) in [5.74, 6) is -0.503. The van der Waals surface area contributed by atoms with E-state index in [0.29, 0.717) is 38.1 Å². The van der Waals surface area contributed by atoms with E-state index in [2.05, 4.69) is 20.8 Å². The van der Waals surface area contributed by atoms with Crippen LogP contribution < -0.4 is 5.32 Å². The van der Waals surface area contributed by atoms with Gasteiger partial charge in [-0.2, -0.15) is 4.68 Å². The van der Waals surface area contributed by atoms with E-state index < -0.39 is 11.4 Å². The molecule has 0 unspecified atom stereocenters. The van der Waals surface area contributed by atoms with E-state index in [9.17, 15) is 14.7 Å². The first-order chi connectivity index (χ1) is 18.6. The Morgan fingerprint density at radius 3 is 2.38 bits per heavy atom. The smallest absolute Gasteiger partial charge is 0.313 e. The average molecular weight is 583 g/mol. The molecule has 2 N–H and O–H groups in total. The van der Waals surface area contributed by atoms with Gasteiger partial charge in [0.1, 0.15) is 0 Å². The van der Waals surface area contributed by atoms with Crippen LogP contribution in [0.1, 0.15) is 43.7 Å². The second kappa shape index (κ2) is 11.0. The van der Waals surface area contributed by atoms with Crippen molar-refractivity contribution in [3.05, 3.63) is 81.8 Å². The van der Waals surface area contributed by atoms with Gasteiger partial charge in [-0.1, -0.05) is 71.4 Å². The number of tetrazole rings is 1. The topological polar surface area (TPSA) is 110 Å². The lowest BCUT2D eigenvalue weighted by molar-refractivity contribution is -0.142. The van der Waals surface area contributed by atoms with Crippen molar-refractivity contribution in [2.45, 2.75) is 43.2 Å². The molecule has 1 amide bonds. The third kappa shape index (κ3) is 5.95. The molecular formula is C28H25Cl2N5O3S. The van der Waals surface area contributed by atoms with E-state index in [1.54, 1.807) is 38.1 Å². The molecule has 1 aliphatic rings. The molecule has 1 aromatic heterocycles. The number of thioether (sulfide) groups is 1. The summed E-state index contributed by atoms with van der Waals surface area (Å²) in [6.45, 7) is 3.33. The maximum absolute atomic E-state index is 12.7. The minimum absolute atomic E-state index is 0.0665. The zero-order chi connectivity index (χ0) is 27.7. The van der Waals surface area contributed by atoms with Gasteiger partial charge in [-0.25, -0.2) is 0 Å². The number of nitrogens with zero attached hydrogens (tertiary/aromatic N) is 4. The highest BCUT2D eigenvalue weighted by molar-refractivity contribution is 7.99. The van der Waals surface area contributed by atoms with Gasteiger partial charge in [0, 0.05) is 0 Å². The minimum Gasteiger partial charge on any atom is -0.481 e. The highest BCUT2D eigenvalue weighted by Gasteiger charge is 2.29. The molecular weight excluding hydrogens is 557 g/mol. The van der Waals surface area contributed by atoms with Crippen LogP contribution in [0.25, 0.3) is 16.8 Å². The van der Waals surface area contributed by atoms with Crippen LogP contribution in [0.2, 0.25) is 10.0 Å². The Morgan fingerprint density at radius 2 is 1.74 bits per heavy atom. The lowest BCUT2D eigenvalue weighted by Crippen LogP contribution is -2.28. The summed E-state index contributed by atoms with van der Waals surface area (Å²) < 4.78 is 1.53. The predicted molar refractivity (Wildman–Crippen MR) is 153 cm³/mol. The summed E-state index contributed by atoms with van der Waals surface area (Å²) in [6.07, 6.45) is 2.37. The second-order valence-corrected chi connectivity index (χ2v) is 11.7. The highest BCUT2D eigenvalue weighted by Crippen LogP contribution is 2.41. The van der Waals surface area contributed by atoms with Gasteiger partial charge in [0.2, 0.25) is 11.1 Å². The molecule has 0 radical (unpaired) electrons. The van der Waals surface area contributed by atoms with Gasteiger partial charge in [-0.3, -0.25) is 9.59 Å². The number of hydrogen-bond donors (Lipinski definition) is 2. The van der Waals surface area contributed by atoms with Gasteiger partial charge in [-0.05, 0) is 89.6 Å². The quantitative estimate of drug-likeness (QED) is 0.214. The molecule has 1 saturated carbocycles. The lowest BCUT2D eigenvalue weighted by Gasteiger charge is -2.20. The number of nitrogens with one attached hydrogen (secondary N) is 1. The number of halogens is 2. The number of carboxylic acid groups (broad SMARTS) is 1. The number of amides is 1. The van der Waals surface area contributed by atoms with Crippen LogP contribution in [0.15, 0.2) is 65.8 Å². The molecule has 1 heterocycles. The van der Waals surface area contributed by atoms with Crippen molar-refractivity contribution < 1.29 is 14.7 Å². The number of hydrogen-bond acceptors (Lipinski definition) is 6. The van der Waals surface area contributed by atoms with Gasteiger partial charge in [-0.15, -0.1) is 5.10 Å². The van der Waals surface area contributed by atoms with E-state index in [4.69, 9.17) is 23.2 Å². The minimum atomic E-state index is -0.988. The maximum atomic E-state index is 12.7. The number of carbonyl (C=O) groups is 2. The van der Waals surface area contributed by atoms with Crippen molar-refractivity contribution in [3.63, 3.8) is 0 Å². The van der Waals surface area contributed by atoms with Gasteiger partial charge >= 0.3 is 5.97 Å². The molecule has 39 heavy (non-hydrogen) atoms. The Morgan fingerprint density at radius 1 is 1.03 bits per heavy atom. The molecule has 3 aromatic carbocycles. The van der Waals surface area contributed by atoms with E-state index in [-0.39, 0.29) is 11.7 Å². The van der Waals surface area contributed by atoms with Crippen molar-refractivity contribution in [1.82, 2.24) is 20.2 Å². The van der Waals surface area contributed by atoms with E-state index in [1.165, 1.54) is 34.8 Å². The van der Waals surface area contributed by atoms with E-state index >= 15 is 0 Å². The Kier molecular flexibility index (Phi) is 7.66. The zero-order valence-corrected chi connectivity index (χ0v) is 23.5. The average Bonchev–Trinajstić information content (AvgIpc) is 3.66. The second-order valence-electron chi connectivity index (χ2n) is 9.90. The fraction of sp³-hybridized carbons (Fsp3) is 0.250. The number of aromatic nitrogens is 4. The van der Waals surface area contributed by atoms with Crippen molar-refractivity contribution in [3.8, 4) is 16.8 Å². The summed E-state index contributed by atoms with van der Waals surface area (Å²) in [7, 11) is 0. The first kappa shape index (κ1) is 27.2. The molecule has 0 spiro atoms. The predicted octanol–water partition coefficient (Wildman–Crippen LogP) is 6.61. The molecule has 1 aliphatic carbocycles. The standard InChI is InChI=1S/C28H25Cl2N5O3S/c1-28(2,26(37)38)20-9-5-17(6-10-20)18-7-11-23(21(29)13-18)31-25(36)15-39-27-32-33-34-35(27)24-12-8-19(14-22(24)30)16-3-4-16/h5-14,16H,3-4,15H2,1-2H3,(H,31,36)(H,37,38). The molecule has 0 saturated heterocycles. The van der Waals surface area contributed by atoms with Gasteiger partial charge in [0.05, 0.1) is 32.6 Å². The Hall–Kier alpha value is -3.40. The summed E-state index contributed by atoms with van der Waals surface area (Å²) in [5.41, 5.74) is 3.79. The number of anilines is 1. The number of aliphatic carboxylic acids is 1. The van der Waals surface area contributed by atoms with Crippen LogP contribution in [-0.4, -0.2) is 42.9 Å². The fourth-order valence-electron chi connectivity index (χ4n) is 4.10. The monoisotopic (exact) mass is 581 g/mol. The first-order valence-electron chi connectivity index (χ1n) is 12.3. The maximum Gasteiger partial charge on any atom is 0.313 e. The third-order valence-corrected chi connectivity index (χ3v) is 8.27. The molecule has 200 valence electrons. The van der Waals surface area contributed by atoms with Crippen LogP contribution in [0, 0.1) is 0 Å². The molecule has 0 aliphatic heterocycles. The summed E-state index contributed by atoms with van der Waals surface area (Å²) in [6, 6.07) is 18.5. The number of rotatable bonds is 9. The largest absolute Gasteiger partial charge is 0.481 e. The summed E-state index contributed by atoms with van der Waals surface area (Å²) in [5, 5.41) is 25.5. The van der Waals surface area contributed by atoms with Crippen LogP contribution in [0.5, 0.6) is 0 Å². The van der Waals surface area contributed by atoms with Crippen LogP contribution >= 0.6 is 35.0 Å². The molecule has 11 heteroatoms. The van der Waals surface area contributed by atoms with Gasteiger partial charge in [0.25, 0.3) is 0 Å². The fourth-order valence-corrected chi connectivity index (χ4v) is 5.28. The van der Waals surface area contributed by atoms with Crippen molar-refractivity contribution in [2.24, 2.45) is 0 Å². The normalized spacial score (nSPS) is 13.3. The van der Waals surface area contributed by atoms with E-state index in [0.717, 1.165) is 11.1 Å². The summed E-state index contributed by atoms with van der Waals surface area (Å²) in [4.78, 5) is 24.2. The van der Waals surface area contributed by atoms with Crippen LogP contribution in [0.4, 0.5) is 5.69 Å². The lowest BCUT2D eigenvalue weighted by atomic mass is 9.84. The molecule has 0 atom stereocenters. The highest BCUT2D eigenvalue weighted by atomic mass is 35.5. The molecule has 4 aromatic rings. The summed E-state index contributed by atoms with van der Waals surface area (Å²) >= 11 is 14.2. The SMILES string of the molecule is CC(C)(C(=O)O)c1ccc(-c2ccc(NC(=O)CSc3nnnn3-c3ccc(C4CC4)cc3Cl)c(Cl)c2)cc1. The molecule has 1 fully saturated rings. The number of carboxylic acids is 1. The first-order valence-corrected chi connectivity index (χ1v) is 14.0. The van der Waals surface area contributed by atoms with Gasteiger partial charge < -0.3 is 10.4 Å².